The molecule has 0 saturated carbocycles. The summed E-state index contributed by atoms with van der Waals surface area (Å²) in [6.07, 6.45) is -4.64. The van der Waals surface area contributed by atoms with Gasteiger partial charge in [-0.25, -0.2) is 4.39 Å². The van der Waals surface area contributed by atoms with Crippen LogP contribution in [0.3, 0.4) is 0 Å². The second-order valence-corrected chi connectivity index (χ2v) is 4.49. The third kappa shape index (κ3) is 2.87. The minimum atomic E-state index is -4.64. The summed E-state index contributed by atoms with van der Waals surface area (Å²) in [6, 6.07) is 0.873. The van der Waals surface area contributed by atoms with Crippen molar-refractivity contribution in [3.63, 3.8) is 0 Å². The molecular formula is C12H13F4NO. The number of hydrogen-bond donors (Lipinski definition) is 1. The van der Waals surface area contributed by atoms with E-state index < -0.39 is 28.9 Å². The highest BCUT2D eigenvalue weighted by Crippen LogP contribution is 2.34. The molecule has 0 aromatic carbocycles. The Morgan fingerprint density at radius 3 is 2.22 bits per heavy atom. The number of nitrogens with zero attached hydrogens (tertiary/aromatic N) is 1. The molecule has 0 spiro atoms. The SMILES string of the molecule is C=C(c1cc(C(C)(C)O)c(F)c(C)n1)C(F)(F)F. The highest BCUT2D eigenvalue weighted by atomic mass is 19.4. The predicted molar refractivity (Wildman–Crippen MR) is 59.3 cm³/mol. The summed E-state index contributed by atoms with van der Waals surface area (Å²) < 4.78 is 51.2. The molecule has 0 atom stereocenters. The zero-order chi connectivity index (χ0) is 14.3. The molecule has 0 aliphatic heterocycles. The smallest absolute Gasteiger partial charge is 0.386 e. The molecule has 0 bridgehead atoms. The molecule has 0 radical (unpaired) electrons. The molecule has 1 aromatic heterocycles. The lowest BCUT2D eigenvalue weighted by molar-refractivity contribution is -0.0689. The van der Waals surface area contributed by atoms with Crippen molar-refractivity contribution in [2.45, 2.75) is 32.5 Å². The minimum absolute atomic E-state index is 0.213. The van der Waals surface area contributed by atoms with Gasteiger partial charge in [-0.2, -0.15) is 13.2 Å². The van der Waals surface area contributed by atoms with Gasteiger partial charge in [0.05, 0.1) is 22.6 Å². The van der Waals surface area contributed by atoms with Gasteiger partial charge in [0.15, 0.2) is 0 Å². The molecule has 1 N–H and O–H groups in total. The first-order chi connectivity index (χ1) is 7.94. The van der Waals surface area contributed by atoms with Gasteiger partial charge in [0.25, 0.3) is 0 Å². The van der Waals surface area contributed by atoms with Gasteiger partial charge < -0.3 is 5.11 Å². The third-order valence-corrected chi connectivity index (χ3v) is 2.43. The first-order valence-corrected chi connectivity index (χ1v) is 5.11. The molecule has 0 amide bonds. The second-order valence-electron chi connectivity index (χ2n) is 4.49. The first kappa shape index (κ1) is 14.6. The summed E-state index contributed by atoms with van der Waals surface area (Å²) in [7, 11) is 0. The van der Waals surface area contributed by atoms with Crippen molar-refractivity contribution < 1.29 is 22.7 Å². The summed E-state index contributed by atoms with van der Waals surface area (Å²) in [4.78, 5) is 3.51. The average molecular weight is 263 g/mol. The average Bonchev–Trinajstić information content (AvgIpc) is 2.17. The van der Waals surface area contributed by atoms with Crippen molar-refractivity contribution in [1.82, 2.24) is 4.98 Å². The molecule has 2 nitrogen and oxygen atoms in total. The molecule has 1 rings (SSSR count). The van der Waals surface area contributed by atoms with Crippen molar-refractivity contribution >= 4 is 5.57 Å². The number of halogens is 4. The minimum Gasteiger partial charge on any atom is -0.386 e. The zero-order valence-electron chi connectivity index (χ0n) is 10.2. The summed E-state index contributed by atoms with van der Waals surface area (Å²) in [5.74, 6) is -0.818. The maximum Gasteiger partial charge on any atom is 0.417 e. The molecule has 0 unspecified atom stereocenters. The van der Waals surface area contributed by atoms with Crippen molar-refractivity contribution in [1.29, 1.82) is 0 Å². The number of rotatable bonds is 2. The van der Waals surface area contributed by atoms with Gasteiger partial charge in [-0.3, -0.25) is 4.98 Å². The topological polar surface area (TPSA) is 33.1 Å². The van der Waals surface area contributed by atoms with Crippen LogP contribution in [0.25, 0.3) is 5.57 Å². The Kier molecular flexibility index (Phi) is 3.53. The fraction of sp³-hybridized carbons (Fsp3) is 0.417. The van der Waals surface area contributed by atoms with Crippen molar-refractivity contribution in [2.24, 2.45) is 0 Å². The first-order valence-electron chi connectivity index (χ1n) is 5.11. The summed E-state index contributed by atoms with van der Waals surface area (Å²) in [5, 5.41) is 9.72. The van der Waals surface area contributed by atoms with E-state index in [0.29, 0.717) is 0 Å². The summed E-state index contributed by atoms with van der Waals surface area (Å²) in [6.45, 7) is 6.70. The van der Waals surface area contributed by atoms with Gasteiger partial charge in [-0.15, -0.1) is 0 Å². The van der Waals surface area contributed by atoms with E-state index >= 15 is 0 Å². The van der Waals surface area contributed by atoms with Gasteiger partial charge in [0, 0.05) is 5.56 Å². The van der Waals surface area contributed by atoms with E-state index in [1.165, 1.54) is 20.8 Å². The van der Waals surface area contributed by atoms with Gasteiger partial charge in [-0.1, -0.05) is 6.58 Å². The van der Waals surface area contributed by atoms with Gasteiger partial charge in [0.2, 0.25) is 0 Å². The number of pyridine rings is 1. The van der Waals surface area contributed by atoms with Crippen LogP contribution in [-0.4, -0.2) is 16.3 Å². The summed E-state index contributed by atoms with van der Waals surface area (Å²) in [5.41, 5.74) is -3.71. The van der Waals surface area contributed by atoms with E-state index in [9.17, 15) is 22.7 Å². The lowest BCUT2D eigenvalue weighted by Gasteiger charge is -2.21. The lowest BCUT2D eigenvalue weighted by Crippen LogP contribution is -2.20. The quantitative estimate of drug-likeness (QED) is 0.830. The van der Waals surface area contributed by atoms with Gasteiger partial charge >= 0.3 is 6.18 Å². The van der Waals surface area contributed by atoms with Crippen LogP contribution in [0, 0.1) is 12.7 Å². The molecule has 0 aliphatic rings. The second kappa shape index (κ2) is 4.35. The molecule has 0 fully saturated rings. The van der Waals surface area contributed by atoms with Crippen molar-refractivity contribution in [3.05, 3.63) is 35.4 Å². The predicted octanol–water partition coefficient (Wildman–Crippen LogP) is 3.33. The van der Waals surface area contributed by atoms with E-state index in [0.717, 1.165) is 6.07 Å². The number of allylic oxidation sites excluding steroid dienone is 1. The maximum absolute atomic E-state index is 13.7. The van der Waals surface area contributed by atoms with Crippen LogP contribution in [0.4, 0.5) is 17.6 Å². The van der Waals surface area contributed by atoms with E-state index in [4.69, 9.17) is 0 Å². The van der Waals surface area contributed by atoms with Gasteiger partial charge in [-0.05, 0) is 26.8 Å². The van der Waals surface area contributed by atoms with Crippen LogP contribution >= 0.6 is 0 Å². The molecule has 0 aliphatic carbocycles. The number of hydrogen-bond acceptors (Lipinski definition) is 2. The lowest BCUT2D eigenvalue weighted by atomic mass is 9.95. The molecule has 6 heteroatoms. The van der Waals surface area contributed by atoms with E-state index in [1.54, 1.807) is 0 Å². The number of aryl methyl sites for hydroxylation is 1. The normalized spacial score (nSPS) is 12.7. The van der Waals surface area contributed by atoms with Gasteiger partial charge in [0.1, 0.15) is 5.82 Å². The Labute approximate surface area is 102 Å². The third-order valence-electron chi connectivity index (χ3n) is 2.43. The van der Waals surface area contributed by atoms with Crippen LogP contribution in [0.15, 0.2) is 12.6 Å². The van der Waals surface area contributed by atoms with Crippen LogP contribution < -0.4 is 0 Å². The Hall–Kier alpha value is -1.43. The fourth-order valence-corrected chi connectivity index (χ4v) is 1.40. The molecule has 0 saturated heterocycles. The molecule has 100 valence electrons. The largest absolute Gasteiger partial charge is 0.417 e. The zero-order valence-corrected chi connectivity index (χ0v) is 10.2. The highest BCUT2D eigenvalue weighted by molar-refractivity contribution is 5.65. The number of alkyl halides is 3. The monoisotopic (exact) mass is 263 g/mol. The Morgan fingerprint density at radius 2 is 1.83 bits per heavy atom. The van der Waals surface area contributed by atoms with E-state index in [2.05, 4.69) is 11.6 Å². The maximum atomic E-state index is 13.7. The Bertz CT molecular complexity index is 486. The molecule has 18 heavy (non-hydrogen) atoms. The highest BCUT2D eigenvalue weighted by Gasteiger charge is 2.35. The molecular weight excluding hydrogens is 250 g/mol. The van der Waals surface area contributed by atoms with Crippen LogP contribution in [0.1, 0.15) is 30.8 Å². The van der Waals surface area contributed by atoms with Crippen molar-refractivity contribution in [2.75, 3.05) is 0 Å². The summed E-state index contributed by atoms with van der Waals surface area (Å²) >= 11 is 0. The van der Waals surface area contributed by atoms with Crippen LogP contribution in [-0.2, 0) is 5.60 Å². The number of aromatic nitrogens is 1. The molecule has 1 heterocycles. The van der Waals surface area contributed by atoms with Crippen molar-refractivity contribution in [3.8, 4) is 0 Å². The molecule has 1 aromatic rings. The van der Waals surface area contributed by atoms with E-state index in [-0.39, 0.29) is 11.3 Å². The Morgan fingerprint density at radius 1 is 1.33 bits per heavy atom. The van der Waals surface area contributed by atoms with E-state index in [1.807, 2.05) is 0 Å². The number of aliphatic hydroxyl groups is 1. The van der Waals surface area contributed by atoms with Crippen LogP contribution in [0.2, 0.25) is 0 Å². The Balaban J connectivity index is 3.43. The van der Waals surface area contributed by atoms with Crippen LogP contribution in [0.5, 0.6) is 0 Å². The fourth-order valence-electron chi connectivity index (χ4n) is 1.40. The standard InChI is InChI=1S/C12H13F4NO/c1-6(12(14,15)16)9-5-8(11(3,4)18)10(13)7(2)17-9/h5,18H,1H2,2-4H3.